The van der Waals surface area contributed by atoms with Crippen LogP contribution in [0.2, 0.25) is 0 Å². The van der Waals surface area contributed by atoms with Crippen molar-refractivity contribution in [2.45, 2.75) is 12.5 Å². The van der Waals surface area contributed by atoms with Gasteiger partial charge in [0.15, 0.2) is 0 Å². The Hall–Kier alpha value is -3.08. The van der Waals surface area contributed by atoms with Crippen LogP contribution < -0.4 is 4.74 Å². The summed E-state index contributed by atoms with van der Waals surface area (Å²) >= 11 is 0. The number of ether oxygens (including phenoxy) is 1. The van der Waals surface area contributed by atoms with Gasteiger partial charge in [-0.15, -0.1) is 0 Å². The molecule has 5 heteroatoms. The number of urea groups is 1. The average Bonchev–Trinajstić information content (AvgIpc) is 3.14. The molecule has 2 amide bonds. The molecule has 1 fully saturated rings. The van der Waals surface area contributed by atoms with Gasteiger partial charge in [0, 0.05) is 25.7 Å². The summed E-state index contributed by atoms with van der Waals surface area (Å²) in [6.45, 7) is 1.28. The highest BCUT2D eigenvalue weighted by Crippen LogP contribution is 2.31. The number of rotatable bonds is 3. The number of likely N-dealkylation sites (tertiary alicyclic amines) is 1. The maximum absolute atomic E-state index is 12.8. The van der Waals surface area contributed by atoms with Gasteiger partial charge in [0.25, 0.3) is 0 Å². The van der Waals surface area contributed by atoms with Gasteiger partial charge in [0.2, 0.25) is 0 Å². The molecule has 5 nitrogen and oxygen atoms in total. The van der Waals surface area contributed by atoms with E-state index in [-0.39, 0.29) is 12.1 Å². The van der Waals surface area contributed by atoms with E-state index in [0.717, 1.165) is 23.3 Å². The number of hydrogen-bond donors (Lipinski definition) is 0. The van der Waals surface area contributed by atoms with Gasteiger partial charge in [-0.05, 0) is 28.8 Å². The first-order chi connectivity index (χ1) is 12.7. The van der Waals surface area contributed by atoms with Crippen molar-refractivity contribution in [3.63, 3.8) is 0 Å². The Morgan fingerprint density at radius 2 is 1.96 bits per heavy atom. The fourth-order valence-electron chi connectivity index (χ4n) is 3.33. The predicted octanol–water partition coefficient (Wildman–Crippen LogP) is 3.95. The quantitative estimate of drug-likeness (QED) is 0.844. The van der Waals surface area contributed by atoms with Crippen LogP contribution in [0.15, 0.2) is 65.3 Å². The molecule has 0 saturated carbocycles. The van der Waals surface area contributed by atoms with Crippen LogP contribution in [0.1, 0.15) is 23.6 Å². The molecule has 2 aliphatic heterocycles. The molecule has 0 spiro atoms. The van der Waals surface area contributed by atoms with Gasteiger partial charge in [-0.3, -0.25) is 0 Å². The van der Waals surface area contributed by atoms with Gasteiger partial charge in [-0.1, -0.05) is 48.5 Å². The molecule has 1 saturated heterocycles. The first kappa shape index (κ1) is 16.4. The highest BCUT2D eigenvalue weighted by molar-refractivity contribution is 5.80. The van der Waals surface area contributed by atoms with Crippen molar-refractivity contribution < 1.29 is 9.53 Å². The van der Waals surface area contributed by atoms with Crippen LogP contribution in [0.25, 0.3) is 6.08 Å². The topological polar surface area (TPSA) is 45.1 Å². The highest BCUT2D eigenvalue weighted by atomic mass is 16.5. The highest BCUT2D eigenvalue weighted by Gasteiger charge is 2.35. The Balaban J connectivity index is 1.41. The van der Waals surface area contributed by atoms with Crippen molar-refractivity contribution in [2.24, 2.45) is 5.10 Å². The molecule has 0 N–H and O–H groups in total. The van der Waals surface area contributed by atoms with Gasteiger partial charge in [-0.25, -0.2) is 9.80 Å². The van der Waals surface area contributed by atoms with E-state index in [1.54, 1.807) is 12.1 Å². The summed E-state index contributed by atoms with van der Waals surface area (Å²) in [5.41, 5.74) is 3.44. The number of amides is 2. The number of hydrogen-bond acceptors (Lipinski definition) is 3. The largest absolute Gasteiger partial charge is 0.497 e. The molecule has 1 atom stereocenters. The summed E-state index contributed by atoms with van der Waals surface area (Å²) < 4.78 is 5.25. The fourth-order valence-corrected chi connectivity index (χ4v) is 3.33. The zero-order valence-corrected chi connectivity index (χ0v) is 14.7. The maximum Gasteiger partial charge on any atom is 0.341 e. The number of carbonyl (C=O) groups is 1. The SMILES string of the molecule is COc1cccc(C=C2CN(C(=O)N3N=CCC3c3ccccc3)C2)c1. The van der Waals surface area contributed by atoms with E-state index in [0.29, 0.717) is 13.1 Å². The molecule has 26 heavy (non-hydrogen) atoms. The van der Waals surface area contributed by atoms with E-state index in [1.807, 2.05) is 65.7 Å². The van der Waals surface area contributed by atoms with E-state index < -0.39 is 0 Å². The van der Waals surface area contributed by atoms with Crippen molar-refractivity contribution in [1.82, 2.24) is 9.91 Å². The molecule has 2 aliphatic rings. The normalized spacial score (nSPS) is 18.7. The molecule has 2 aromatic rings. The van der Waals surface area contributed by atoms with Gasteiger partial charge < -0.3 is 9.64 Å². The maximum atomic E-state index is 12.8. The first-order valence-electron chi connectivity index (χ1n) is 8.73. The monoisotopic (exact) mass is 347 g/mol. The van der Waals surface area contributed by atoms with Gasteiger partial charge in [-0.2, -0.15) is 5.10 Å². The third-order valence-corrected chi connectivity index (χ3v) is 4.73. The lowest BCUT2D eigenvalue weighted by atomic mass is 10.0. The first-order valence-corrected chi connectivity index (χ1v) is 8.73. The van der Waals surface area contributed by atoms with Crippen LogP contribution in [0.4, 0.5) is 4.79 Å². The number of methoxy groups -OCH3 is 1. The molecular weight excluding hydrogens is 326 g/mol. The lowest BCUT2D eigenvalue weighted by Gasteiger charge is -2.37. The summed E-state index contributed by atoms with van der Waals surface area (Å²) in [6.07, 6.45) is 4.70. The molecule has 1 unspecified atom stereocenters. The molecule has 4 rings (SSSR count). The van der Waals surface area contributed by atoms with Gasteiger partial charge in [0.1, 0.15) is 5.75 Å². The second kappa shape index (κ2) is 7.04. The molecule has 0 aliphatic carbocycles. The van der Waals surface area contributed by atoms with E-state index in [9.17, 15) is 4.79 Å². The predicted molar refractivity (Wildman–Crippen MR) is 102 cm³/mol. The summed E-state index contributed by atoms with van der Waals surface area (Å²) in [7, 11) is 1.66. The second-order valence-electron chi connectivity index (χ2n) is 6.52. The number of carbonyl (C=O) groups excluding carboxylic acids is 1. The van der Waals surface area contributed by atoms with Crippen molar-refractivity contribution in [3.05, 3.63) is 71.3 Å². The van der Waals surface area contributed by atoms with E-state index in [2.05, 4.69) is 11.2 Å². The third kappa shape index (κ3) is 3.20. The van der Waals surface area contributed by atoms with E-state index in [1.165, 1.54) is 5.57 Å². The van der Waals surface area contributed by atoms with E-state index in [4.69, 9.17) is 4.74 Å². The van der Waals surface area contributed by atoms with Gasteiger partial charge >= 0.3 is 6.03 Å². The summed E-state index contributed by atoms with van der Waals surface area (Å²) in [6, 6.07) is 18.0. The average molecular weight is 347 g/mol. The smallest absolute Gasteiger partial charge is 0.341 e. The fraction of sp³-hybridized carbons (Fsp3) is 0.238. The number of benzene rings is 2. The van der Waals surface area contributed by atoms with Crippen LogP contribution in [0.5, 0.6) is 5.75 Å². The molecule has 2 aromatic carbocycles. The van der Waals surface area contributed by atoms with Crippen LogP contribution in [-0.2, 0) is 0 Å². The number of nitrogens with zero attached hydrogens (tertiary/aromatic N) is 3. The molecular formula is C21H21N3O2. The second-order valence-corrected chi connectivity index (χ2v) is 6.52. The minimum atomic E-state index is -0.0320. The molecule has 0 aromatic heterocycles. The van der Waals surface area contributed by atoms with Gasteiger partial charge in [0.05, 0.1) is 13.2 Å². The molecule has 2 heterocycles. The Morgan fingerprint density at radius 3 is 2.73 bits per heavy atom. The molecule has 0 bridgehead atoms. The van der Waals surface area contributed by atoms with Crippen molar-refractivity contribution in [2.75, 3.05) is 20.2 Å². The summed E-state index contributed by atoms with van der Waals surface area (Å²) in [5.74, 6) is 0.837. The number of hydrazone groups is 1. The van der Waals surface area contributed by atoms with E-state index >= 15 is 0 Å². The molecule has 0 radical (unpaired) electrons. The lowest BCUT2D eigenvalue weighted by molar-refractivity contribution is 0.136. The van der Waals surface area contributed by atoms with Crippen molar-refractivity contribution in [1.29, 1.82) is 0 Å². The van der Waals surface area contributed by atoms with Crippen LogP contribution in [0, 0.1) is 0 Å². The minimum absolute atomic E-state index is 0.00452. The Morgan fingerprint density at radius 1 is 1.15 bits per heavy atom. The summed E-state index contributed by atoms with van der Waals surface area (Å²) in [5, 5.41) is 5.92. The zero-order valence-electron chi connectivity index (χ0n) is 14.7. The standard InChI is InChI=1S/C21H21N3O2/c1-26-19-9-5-6-16(13-19)12-17-14-23(15-17)21(25)24-20(10-11-22-24)18-7-3-2-4-8-18/h2-9,11-13,20H,10,14-15H2,1H3. The van der Waals surface area contributed by atoms with Crippen LogP contribution >= 0.6 is 0 Å². The summed E-state index contributed by atoms with van der Waals surface area (Å²) in [4.78, 5) is 14.6. The van der Waals surface area contributed by atoms with Crippen LogP contribution in [-0.4, -0.2) is 42.4 Å². The van der Waals surface area contributed by atoms with Crippen molar-refractivity contribution >= 4 is 18.3 Å². The minimum Gasteiger partial charge on any atom is -0.497 e. The zero-order chi connectivity index (χ0) is 17.9. The Bertz CT molecular complexity index is 853. The van der Waals surface area contributed by atoms with Crippen LogP contribution in [0.3, 0.4) is 0 Å². The lowest BCUT2D eigenvalue weighted by Crippen LogP contribution is -2.49. The van der Waals surface area contributed by atoms with Crippen molar-refractivity contribution in [3.8, 4) is 5.75 Å². The molecule has 132 valence electrons. The Kier molecular flexibility index (Phi) is 4.44. The third-order valence-electron chi connectivity index (χ3n) is 4.73. The Labute approximate surface area is 153 Å².